The molecule has 0 saturated heterocycles. The highest BCUT2D eigenvalue weighted by atomic mass is 32.2. The van der Waals surface area contributed by atoms with E-state index in [1.807, 2.05) is 0 Å². The monoisotopic (exact) mass is 575 g/mol. The molecule has 1 aromatic heterocycles. The molecule has 1 aromatic carbocycles. The van der Waals surface area contributed by atoms with Crippen LogP contribution in [-0.4, -0.2) is 93.1 Å². The second kappa shape index (κ2) is 13.1. The van der Waals surface area contributed by atoms with E-state index >= 15 is 0 Å². The van der Waals surface area contributed by atoms with Gasteiger partial charge in [-0.15, -0.1) is 11.3 Å². The maximum atomic E-state index is 13.2. The van der Waals surface area contributed by atoms with E-state index in [9.17, 15) is 22.8 Å². The van der Waals surface area contributed by atoms with Crippen LogP contribution in [0.5, 0.6) is 0 Å². The lowest BCUT2D eigenvalue weighted by molar-refractivity contribution is 0.0956. The van der Waals surface area contributed by atoms with Crippen molar-refractivity contribution in [1.82, 2.24) is 19.4 Å². The first-order valence-corrected chi connectivity index (χ1v) is 14.6. The Morgan fingerprint density at radius 2 is 1.72 bits per heavy atom. The number of rotatable bonds is 11. The zero-order chi connectivity index (χ0) is 28.7. The zero-order valence-electron chi connectivity index (χ0n) is 22.1. The minimum absolute atomic E-state index is 0.0763. The van der Waals surface area contributed by atoms with Gasteiger partial charge in [-0.25, -0.2) is 13.2 Å². The fourth-order valence-corrected chi connectivity index (χ4v) is 6.74. The average molecular weight is 576 g/mol. The average Bonchev–Trinajstić information content (AvgIpc) is 3.25. The number of benzene rings is 1. The highest BCUT2D eigenvalue weighted by Gasteiger charge is 2.30. The van der Waals surface area contributed by atoms with Crippen LogP contribution < -0.4 is 10.6 Å². The summed E-state index contributed by atoms with van der Waals surface area (Å²) in [7, 11) is -0.919. The Morgan fingerprint density at radius 3 is 2.28 bits per heavy atom. The molecule has 0 aliphatic carbocycles. The Hall–Kier alpha value is -3.46. The van der Waals surface area contributed by atoms with Gasteiger partial charge in [0, 0.05) is 63.1 Å². The maximum absolute atomic E-state index is 13.2. The molecule has 14 heteroatoms. The number of fused-ring (bicyclic) bond motifs is 1. The number of urea groups is 1. The van der Waals surface area contributed by atoms with Crippen LogP contribution in [0, 0.1) is 10.8 Å². The summed E-state index contributed by atoms with van der Waals surface area (Å²) in [4.78, 5) is 42.9. The van der Waals surface area contributed by atoms with E-state index < -0.39 is 27.9 Å². The highest BCUT2D eigenvalue weighted by molar-refractivity contribution is 7.89. The van der Waals surface area contributed by atoms with Crippen molar-refractivity contribution < 1.29 is 22.8 Å². The van der Waals surface area contributed by atoms with Gasteiger partial charge in [0.15, 0.2) is 0 Å². The summed E-state index contributed by atoms with van der Waals surface area (Å²) >= 11 is 1.30. The van der Waals surface area contributed by atoms with Crippen LogP contribution in [0.25, 0.3) is 0 Å². The zero-order valence-corrected chi connectivity index (χ0v) is 23.7. The summed E-state index contributed by atoms with van der Waals surface area (Å²) in [6, 6.07) is 4.73. The lowest BCUT2D eigenvalue weighted by atomic mass is 10.0. The summed E-state index contributed by atoms with van der Waals surface area (Å²) in [6.07, 6.45) is 3.46. The highest BCUT2D eigenvalue weighted by Crippen LogP contribution is 2.37. The normalized spacial score (nSPS) is 13.4. The van der Waals surface area contributed by atoms with Crippen molar-refractivity contribution in [2.24, 2.45) is 0 Å². The van der Waals surface area contributed by atoms with Gasteiger partial charge >= 0.3 is 6.03 Å². The molecule has 0 saturated carbocycles. The van der Waals surface area contributed by atoms with E-state index in [-0.39, 0.29) is 29.1 Å². The summed E-state index contributed by atoms with van der Waals surface area (Å²) in [5.41, 5.74) is 1.25. The van der Waals surface area contributed by atoms with E-state index in [0.717, 1.165) is 46.7 Å². The lowest BCUT2D eigenvalue weighted by Crippen LogP contribution is -2.39. The quantitative estimate of drug-likeness (QED) is 0.300. The molecule has 210 valence electrons. The molecule has 0 atom stereocenters. The summed E-state index contributed by atoms with van der Waals surface area (Å²) in [5, 5.41) is 19.9. The molecule has 1 aliphatic rings. The Labute approximate surface area is 232 Å². The van der Waals surface area contributed by atoms with Crippen LogP contribution in [0.2, 0.25) is 0 Å². The third kappa shape index (κ3) is 6.95. The predicted molar refractivity (Wildman–Crippen MR) is 151 cm³/mol. The molecule has 3 rings (SSSR count). The van der Waals surface area contributed by atoms with Crippen molar-refractivity contribution in [2.75, 3.05) is 45.6 Å². The van der Waals surface area contributed by atoms with Gasteiger partial charge in [0.05, 0.1) is 10.5 Å². The summed E-state index contributed by atoms with van der Waals surface area (Å²) in [5.74, 6) is -1.13. The largest absolute Gasteiger partial charge is 0.331 e. The van der Waals surface area contributed by atoms with E-state index in [1.54, 1.807) is 0 Å². The number of hydrogen-bond acceptors (Lipinski definition) is 9. The number of carbonyl (C=O) groups is 3. The fraction of sp³-hybridized carbons (Fsp3) is 0.400. The molecule has 0 radical (unpaired) electrons. The van der Waals surface area contributed by atoms with Crippen LogP contribution in [0.15, 0.2) is 29.2 Å². The molecule has 0 fully saturated rings. The maximum Gasteiger partial charge on any atom is 0.323 e. The third-order valence-electron chi connectivity index (χ3n) is 6.10. The molecule has 0 spiro atoms. The lowest BCUT2D eigenvalue weighted by Gasteiger charge is -2.26. The molecule has 12 nitrogen and oxygen atoms in total. The van der Waals surface area contributed by atoms with Crippen molar-refractivity contribution in [3.05, 3.63) is 45.8 Å². The molecule has 4 amide bonds. The molecule has 2 heterocycles. The fourth-order valence-electron chi connectivity index (χ4n) is 4.14. The number of thiophene rings is 1. The molecule has 4 N–H and O–H groups in total. The van der Waals surface area contributed by atoms with E-state index in [1.165, 1.54) is 54.6 Å². The SMILES string of the molecule is CCCN1CCc2c(sc(NC(=O)c3ccc(S(=O)(=O)N(CC=N)CC=N)cc3)c2C(=O)NC(=O)N(C)C)C1. The molecule has 2 aromatic rings. The first-order chi connectivity index (χ1) is 18.5. The van der Waals surface area contributed by atoms with Gasteiger partial charge in [-0.1, -0.05) is 6.92 Å². The van der Waals surface area contributed by atoms with Gasteiger partial charge in [-0.05, 0) is 49.2 Å². The topological polar surface area (TPSA) is 167 Å². The third-order valence-corrected chi connectivity index (χ3v) is 9.08. The number of sulfonamides is 1. The second-order valence-corrected chi connectivity index (χ2v) is 12.1. The first-order valence-electron chi connectivity index (χ1n) is 12.3. The Kier molecular flexibility index (Phi) is 10.1. The predicted octanol–water partition coefficient (Wildman–Crippen LogP) is 2.47. The number of amides is 4. The summed E-state index contributed by atoms with van der Waals surface area (Å²) < 4.78 is 26.7. The van der Waals surface area contributed by atoms with Crippen molar-refractivity contribution >= 4 is 56.6 Å². The first kappa shape index (κ1) is 30.1. The van der Waals surface area contributed by atoms with Gasteiger partial charge in [0.2, 0.25) is 10.0 Å². The van der Waals surface area contributed by atoms with Gasteiger partial charge in [-0.2, -0.15) is 4.31 Å². The van der Waals surface area contributed by atoms with Crippen LogP contribution in [0.3, 0.4) is 0 Å². The molecule has 0 unspecified atom stereocenters. The number of carbonyl (C=O) groups excluding carboxylic acids is 3. The minimum atomic E-state index is -3.97. The molecule has 39 heavy (non-hydrogen) atoms. The smallest absolute Gasteiger partial charge is 0.323 e. The molecule has 1 aliphatic heterocycles. The Balaban J connectivity index is 1.89. The van der Waals surface area contributed by atoms with Crippen LogP contribution in [-0.2, 0) is 23.0 Å². The number of imide groups is 1. The standard InChI is InChI=1S/C25H33N7O5S2/c1-4-12-31-13-9-19-20(16-31)38-24(21(19)23(34)29-25(35)30(2)3)28-22(33)17-5-7-18(8-6-17)39(36,37)32(14-10-26)15-11-27/h5-8,10-11,26-27H,4,9,12-16H2,1-3H3,(H,28,33)(H,29,34,35). The van der Waals surface area contributed by atoms with E-state index in [2.05, 4.69) is 22.5 Å². The molecular formula is C25H33N7O5S2. The van der Waals surface area contributed by atoms with Crippen LogP contribution >= 0.6 is 11.3 Å². The van der Waals surface area contributed by atoms with Crippen LogP contribution in [0.1, 0.15) is 44.5 Å². The Bertz CT molecular complexity index is 1340. The number of hydrogen-bond donors (Lipinski definition) is 4. The van der Waals surface area contributed by atoms with Crippen molar-refractivity contribution in [1.29, 1.82) is 10.8 Å². The summed E-state index contributed by atoms with van der Waals surface area (Å²) in [6.45, 7) is 4.04. The number of anilines is 1. The van der Waals surface area contributed by atoms with Gasteiger partial charge in [0.1, 0.15) is 5.00 Å². The number of nitrogens with zero attached hydrogens (tertiary/aromatic N) is 3. The van der Waals surface area contributed by atoms with Crippen molar-refractivity contribution in [2.45, 2.75) is 31.2 Å². The number of nitrogens with one attached hydrogen (secondary N) is 4. The van der Waals surface area contributed by atoms with E-state index in [4.69, 9.17) is 10.8 Å². The van der Waals surface area contributed by atoms with Crippen molar-refractivity contribution in [3.8, 4) is 0 Å². The molecule has 0 bridgehead atoms. The van der Waals surface area contributed by atoms with E-state index in [0.29, 0.717) is 18.0 Å². The minimum Gasteiger partial charge on any atom is -0.331 e. The van der Waals surface area contributed by atoms with Gasteiger partial charge in [-0.3, -0.25) is 19.8 Å². The van der Waals surface area contributed by atoms with Gasteiger partial charge < -0.3 is 21.0 Å². The van der Waals surface area contributed by atoms with Crippen LogP contribution in [0.4, 0.5) is 9.80 Å². The second-order valence-electron chi connectivity index (χ2n) is 9.10. The molecular weight excluding hydrogens is 542 g/mol. The van der Waals surface area contributed by atoms with Crippen molar-refractivity contribution in [3.63, 3.8) is 0 Å². The van der Waals surface area contributed by atoms with Gasteiger partial charge in [0.25, 0.3) is 11.8 Å². The Morgan fingerprint density at radius 1 is 1.08 bits per heavy atom.